The van der Waals surface area contributed by atoms with Crippen LogP contribution in [-0.2, 0) is 10.3 Å². The Bertz CT molecular complexity index is 1090. The Balaban J connectivity index is 1.99. The van der Waals surface area contributed by atoms with Gasteiger partial charge in [-0.3, -0.25) is 4.90 Å². The molecule has 3 aromatic rings. The summed E-state index contributed by atoms with van der Waals surface area (Å²) in [6.45, 7) is 6.70. The van der Waals surface area contributed by atoms with Crippen LogP contribution in [0.25, 0.3) is 10.9 Å². The molecule has 0 saturated carbocycles. The topological polar surface area (TPSA) is 80.2 Å². The van der Waals surface area contributed by atoms with E-state index in [-0.39, 0.29) is 10.5 Å². The van der Waals surface area contributed by atoms with Gasteiger partial charge in [-0.2, -0.15) is 0 Å². The summed E-state index contributed by atoms with van der Waals surface area (Å²) in [5.74, 6) is -0.554. The van der Waals surface area contributed by atoms with Gasteiger partial charge in [0.25, 0.3) is 0 Å². The van der Waals surface area contributed by atoms with Crippen molar-refractivity contribution in [2.24, 2.45) is 0 Å². The summed E-state index contributed by atoms with van der Waals surface area (Å²) in [7, 11) is 0. The highest BCUT2D eigenvalue weighted by Crippen LogP contribution is 2.40. The van der Waals surface area contributed by atoms with Gasteiger partial charge in [-0.05, 0) is 32.9 Å². The first kappa shape index (κ1) is 20.9. The van der Waals surface area contributed by atoms with Crippen molar-refractivity contribution < 1.29 is 13.9 Å². The lowest BCUT2D eigenvalue weighted by molar-refractivity contribution is -0.00453. The number of aromatic nitrogens is 3. The highest BCUT2D eigenvalue weighted by atomic mass is 35.5. The standard InChI is InChI=1S/C20H21ClFN5O2S/c1-19(2,3)29-18(28)27-5-4-23-9-20(27,15-8-30-11-26-15)17-13-6-12(21)7-14(22)16(13)24-10-25-17/h6-8,10-11,23H,4-5,9H2,1-3H3. The van der Waals surface area contributed by atoms with E-state index in [9.17, 15) is 9.18 Å². The summed E-state index contributed by atoms with van der Waals surface area (Å²) >= 11 is 7.57. The zero-order valence-electron chi connectivity index (χ0n) is 16.8. The summed E-state index contributed by atoms with van der Waals surface area (Å²) in [5, 5.41) is 5.84. The summed E-state index contributed by atoms with van der Waals surface area (Å²) < 4.78 is 20.3. The zero-order valence-corrected chi connectivity index (χ0v) is 18.4. The minimum absolute atomic E-state index is 0.133. The van der Waals surface area contributed by atoms with Crippen molar-refractivity contribution in [3.63, 3.8) is 0 Å². The molecule has 10 heteroatoms. The summed E-state index contributed by atoms with van der Waals surface area (Å²) in [6.07, 6.45) is 0.802. The van der Waals surface area contributed by atoms with Gasteiger partial charge in [-0.15, -0.1) is 11.3 Å². The van der Waals surface area contributed by atoms with Gasteiger partial charge in [0.05, 0.1) is 16.9 Å². The molecule has 4 rings (SSSR count). The number of amides is 1. The second-order valence-electron chi connectivity index (χ2n) is 8.05. The van der Waals surface area contributed by atoms with Crippen molar-refractivity contribution in [1.29, 1.82) is 0 Å². The fourth-order valence-corrected chi connectivity index (χ4v) is 4.54. The number of nitrogens with one attached hydrogen (secondary N) is 1. The molecule has 7 nitrogen and oxygen atoms in total. The molecule has 1 aliphatic heterocycles. The first-order valence-electron chi connectivity index (χ1n) is 9.42. The minimum Gasteiger partial charge on any atom is -0.444 e. The largest absolute Gasteiger partial charge is 0.444 e. The molecular formula is C20H21ClFN5O2S. The Labute approximate surface area is 182 Å². The molecule has 158 valence electrons. The van der Waals surface area contributed by atoms with Crippen LogP contribution in [0.15, 0.2) is 29.4 Å². The summed E-state index contributed by atoms with van der Waals surface area (Å²) in [5.41, 5.74) is 1.09. The van der Waals surface area contributed by atoms with Crippen LogP contribution >= 0.6 is 22.9 Å². The van der Waals surface area contributed by atoms with Gasteiger partial charge >= 0.3 is 6.09 Å². The maximum atomic E-state index is 14.6. The monoisotopic (exact) mass is 449 g/mol. The van der Waals surface area contributed by atoms with Crippen molar-refractivity contribution in [2.75, 3.05) is 19.6 Å². The Kier molecular flexibility index (Phi) is 5.37. The lowest BCUT2D eigenvalue weighted by atomic mass is 9.85. The van der Waals surface area contributed by atoms with Gasteiger partial charge in [-0.1, -0.05) is 11.6 Å². The lowest BCUT2D eigenvalue weighted by Gasteiger charge is -2.46. The van der Waals surface area contributed by atoms with E-state index >= 15 is 0 Å². The fourth-order valence-electron chi connectivity index (χ4n) is 3.71. The Hall–Kier alpha value is -2.36. The zero-order chi connectivity index (χ0) is 21.5. The van der Waals surface area contributed by atoms with E-state index in [0.29, 0.717) is 36.4 Å². The Morgan fingerprint density at radius 3 is 2.83 bits per heavy atom. The number of carbonyl (C=O) groups excluding carboxylic acids is 1. The number of ether oxygens (including phenoxy) is 1. The van der Waals surface area contributed by atoms with Crippen LogP contribution in [0.3, 0.4) is 0 Å². The number of fused-ring (bicyclic) bond motifs is 1. The van der Waals surface area contributed by atoms with Crippen molar-refractivity contribution in [3.05, 3.63) is 51.6 Å². The number of thiazole rings is 1. The van der Waals surface area contributed by atoms with E-state index in [1.807, 2.05) is 26.2 Å². The molecule has 1 saturated heterocycles. The Morgan fingerprint density at radius 2 is 2.13 bits per heavy atom. The second kappa shape index (κ2) is 7.72. The molecule has 2 aromatic heterocycles. The molecule has 3 heterocycles. The van der Waals surface area contributed by atoms with Crippen molar-refractivity contribution >= 4 is 39.9 Å². The molecule has 1 aromatic carbocycles. The van der Waals surface area contributed by atoms with Crippen molar-refractivity contribution in [1.82, 2.24) is 25.2 Å². The number of piperazine rings is 1. The quantitative estimate of drug-likeness (QED) is 0.637. The first-order valence-corrected chi connectivity index (χ1v) is 10.7. The van der Waals surface area contributed by atoms with Crippen LogP contribution in [0.1, 0.15) is 32.2 Å². The summed E-state index contributed by atoms with van der Waals surface area (Å²) in [4.78, 5) is 28.0. The average Bonchev–Trinajstić information content (AvgIpc) is 3.21. The molecule has 1 atom stereocenters. The fraction of sp³-hybridized carbons (Fsp3) is 0.400. The number of carbonyl (C=O) groups is 1. The van der Waals surface area contributed by atoms with E-state index in [0.717, 1.165) is 0 Å². The van der Waals surface area contributed by atoms with Crippen LogP contribution in [-0.4, -0.2) is 51.2 Å². The molecule has 1 unspecified atom stereocenters. The molecule has 0 radical (unpaired) electrons. The van der Waals surface area contributed by atoms with Gasteiger partial charge in [0.2, 0.25) is 0 Å². The van der Waals surface area contributed by atoms with E-state index < -0.39 is 23.1 Å². The van der Waals surface area contributed by atoms with Crippen molar-refractivity contribution in [3.8, 4) is 0 Å². The third kappa shape index (κ3) is 3.61. The number of hydrogen-bond donors (Lipinski definition) is 1. The minimum atomic E-state index is -1.11. The van der Waals surface area contributed by atoms with E-state index in [4.69, 9.17) is 16.3 Å². The average molecular weight is 450 g/mol. The van der Waals surface area contributed by atoms with E-state index in [1.165, 1.54) is 23.7 Å². The van der Waals surface area contributed by atoms with Crippen LogP contribution < -0.4 is 5.32 Å². The number of hydrogen-bond acceptors (Lipinski definition) is 7. The molecule has 30 heavy (non-hydrogen) atoms. The van der Waals surface area contributed by atoms with Crippen LogP contribution in [0.2, 0.25) is 5.02 Å². The maximum absolute atomic E-state index is 14.6. The van der Waals surface area contributed by atoms with Gasteiger partial charge in [-0.25, -0.2) is 24.1 Å². The first-order chi connectivity index (χ1) is 14.2. The van der Waals surface area contributed by atoms with Crippen molar-refractivity contribution in [2.45, 2.75) is 31.9 Å². The number of halogens is 2. The maximum Gasteiger partial charge on any atom is 0.411 e. The highest BCUT2D eigenvalue weighted by molar-refractivity contribution is 7.07. The van der Waals surface area contributed by atoms with Crippen LogP contribution in [0.5, 0.6) is 0 Å². The third-order valence-corrected chi connectivity index (χ3v) is 5.68. The molecule has 1 amide bonds. The molecule has 1 N–H and O–H groups in total. The van der Waals surface area contributed by atoms with E-state index in [2.05, 4.69) is 20.3 Å². The third-order valence-electron chi connectivity index (χ3n) is 4.87. The van der Waals surface area contributed by atoms with Gasteiger partial charge in [0, 0.05) is 35.4 Å². The number of nitrogens with zero attached hydrogens (tertiary/aromatic N) is 4. The van der Waals surface area contributed by atoms with Crippen LogP contribution in [0.4, 0.5) is 9.18 Å². The SMILES string of the molecule is CC(C)(C)OC(=O)N1CCNCC1(c1cscn1)c1ncnc2c(F)cc(Cl)cc12. The van der Waals surface area contributed by atoms with Gasteiger partial charge in [0.1, 0.15) is 23.0 Å². The highest BCUT2D eigenvalue weighted by Gasteiger charge is 2.50. The number of benzene rings is 1. The molecule has 1 fully saturated rings. The van der Waals surface area contributed by atoms with E-state index in [1.54, 1.807) is 16.5 Å². The molecule has 0 spiro atoms. The van der Waals surface area contributed by atoms with Gasteiger partial charge in [0.15, 0.2) is 5.82 Å². The molecular weight excluding hydrogens is 429 g/mol. The molecule has 0 bridgehead atoms. The normalized spacial score (nSPS) is 19.8. The predicted octanol–water partition coefficient (Wildman–Crippen LogP) is 3.96. The lowest BCUT2D eigenvalue weighted by Crippen LogP contribution is -2.62. The molecule has 0 aliphatic carbocycles. The molecule has 1 aliphatic rings. The Morgan fingerprint density at radius 1 is 1.33 bits per heavy atom. The summed E-state index contributed by atoms with van der Waals surface area (Å²) in [6, 6.07) is 2.83. The second-order valence-corrected chi connectivity index (χ2v) is 9.20. The predicted molar refractivity (Wildman–Crippen MR) is 113 cm³/mol. The smallest absolute Gasteiger partial charge is 0.411 e. The van der Waals surface area contributed by atoms with Crippen LogP contribution in [0, 0.1) is 5.82 Å². The van der Waals surface area contributed by atoms with Gasteiger partial charge < -0.3 is 10.1 Å². The number of rotatable bonds is 2.